The van der Waals surface area contributed by atoms with Gasteiger partial charge in [-0.15, -0.1) is 0 Å². The van der Waals surface area contributed by atoms with Crippen molar-refractivity contribution in [2.24, 2.45) is 0 Å². The number of anilines is 2. The first-order valence-corrected chi connectivity index (χ1v) is 6.48. The molecule has 0 spiro atoms. The maximum atomic E-state index is 11.0. The predicted molar refractivity (Wildman–Crippen MR) is 77.2 cm³/mol. The van der Waals surface area contributed by atoms with Crippen LogP contribution in [0.5, 0.6) is 0 Å². The van der Waals surface area contributed by atoms with Gasteiger partial charge >= 0.3 is 5.97 Å². The molecule has 5 nitrogen and oxygen atoms in total. The highest BCUT2D eigenvalue weighted by Gasteiger charge is 2.24. The van der Waals surface area contributed by atoms with E-state index in [1.165, 1.54) is 0 Å². The zero-order valence-corrected chi connectivity index (χ0v) is 11.7. The first-order chi connectivity index (χ1) is 8.93. The Morgan fingerprint density at radius 2 is 2.26 bits per heavy atom. The van der Waals surface area contributed by atoms with Gasteiger partial charge in [-0.05, 0) is 39.1 Å². The summed E-state index contributed by atoms with van der Waals surface area (Å²) >= 11 is 0. The highest BCUT2D eigenvalue weighted by molar-refractivity contribution is 5.91. The molecule has 3 N–H and O–H groups in total. The first kappa shape index (κ1) is 13.7. The van der Waals surface area contributed by atoms with E-state index in [1.807, 2.05) is 13.1 Å². The van der Waals surface area contributed by atoms with Crippen LogP contribution in [0.4, 0.5) is 11.4 Å². The molecule has 0 saturated heterocycles. The zero-order valence-electron chi connectivity index (χ0n) is 11.7. The summed E-state index contributed by atoms with van der Waals surface area (Å²) in [6.07, 6.45) is 0. The van der Waals surface area contributed by atoms with E-state index in [4.69, 9.17) is 5.11 Å². The number of aromatic carboxylic acids is 1. The average Bonchev–Trinajstić information content (AvgIpc) is 2.38. The molecule has 0 aliphatic carbocycles. The van der Waals surface area contributed by atoms with Gasteiger partial charge in [0.25, 0.3) is 0 Å². The Kier molecular flexibility index (Phi) is 3.66. The fraction of sp³-hybridized carbons (Fsp3) is 0.500. The topological polar surface area (TPSA) is 64.6 Å². The molecule has 1 aromatic rings. The second-order valence-corrected chi connectivity index (χ2v) is 5.52. The highest BCUT2D eigenvalue weighted by Crippen LogP contribution is 2.30. The third-order valence-electron chi connectivity index (χ3n) is 3.54. The number of carboxylic acid groups (broad SMARTS) is 1. The number of likely N-dealkylation sites (N-methyl/N-ethyl adjacent to an activating group) is 1. The van der Waals surface area contributed by atoms with E-state index in [9.17, 15) is 4.79 Å². The summed E-state index contributed by atoms with van der Waals surface area (Å²) in [5.41, 5.74) is 2.30. The minimum absolute atomic E-state index is 0.0140. The van der Waals surface area contributed by atoms with Crippen molar-refractivity contribution >= 4 is 17.3 Å². The molecule has 0 fully saturated rings. The first-order valence-electron chi connectivity index (χ1n) is 6.48. The van der Waals surface area contributed by atoms with Crippen molar-refractivity contribution in [3.05, 3.63) is 23.8 Å². The number of rotatable bonds is 4. The van der Waals surface area contributed by atoms with Gasteiger partial charge in [0.15, 0.2) is 0 Å². The quantitative estimate of drug-likeness (QED) is 0.770. The fourth-order valence-electron chi connectivity index (χ4n) is 2.25. The lowest BCUT2D eigenvalue weighted by molar-refractivity contribution is 0.0697. The molecular formula is C14H21N3O2. The smallest absolute Gasteiger partial charge is 0.335 e. The van der Waals surface area contributed by atoms with Crippen LogP contribution in [-0.2, 0) is 0 Å². The molecule has 0 bridgehead atoms. The van der Waals surface area contributed by atoms with Crippen molar-refractivity contribution < 1.29 is 9.90 Å². The third kappa shape index (κ3) is 2.98. The third-order valence-corrected chi connectivity index (χ3v) is 3.54. The van der Waals surface area contributed by atoms with E-state index in [2.05, 4.69) is 29.4 Å². The lowest BCUT2D eigenvalue weighted by Gasteiger charge is -2.38. The summed E-state index contributed by atoms with van der Waals surface area (Å²) in [5, 5.41) is 15.6. The second-order valence-electron chi connectivity index (χ2n) is 5.52. The van der Waals surface area contributed by atoms with E-state index in [0.29, 0.717) is 5.56 Å². The minimum Gasteiger partial charge on any atom is -0.478 e. The van der Waals surface area contributed by atoms with Gasteiger partial charge < -0.3 is 20.6 Å². The van der Waals surface area contributed by atoms with E-state index in [0.717, 1.165) is 31.0 Å². The number of nitrogens with zero attached hydrogens (tertiary/aromatic N) is 1. The number of carboxylic acids is 1. The Hall–Kier alpha value is -1.75. The predicted octanol–water partition coefficient (Wildman–Crippen LogP) is 1.61. The van der Waals surface area contributed by atoms with Gasteiger partial charge in [-0.1, -0.05) is 0 Å². The molecule has 2 rings (SSSR count). The Morgan fingerprint density at radius 3 is 2.89 bits per heavy atom. The van der Waals surface area contributed by atoms with Crippen molar-refractivity contribution in [2.75, 3.05) is 36.9 Å². The molecule has 1 aromatic carbocycles. The van der Waals surface area contributed by atoms with Gasteiger partial charge in [0, 0.05) is 25.2 Å². The van der Waals surface area contributed by atoms with E-state index in [-0.39, 0.29) is 5.54 Å². The molecule has 1 heterocycles. The number of hydrogen-bond donors (Lipinski definition) is 3. The summed E-state index contributed by atoms with van der Waals surface area (Å²) in [6.45, 7) is 6.94. The summed E-state index contributed by atoms with van der Waals surface area (Å²) in [5.74, 6) is -0.891. The van der Waals surface area contributed by atoms with Crippen LogP contribution in [0.1, 0.15) is 24.2 Å². The van der Waals surface area contributed by atoms with Crippen LogP contribution in [0.15, 0.2) is 18.2 Å². The molecule has 0 aromatic heterocycles. The van der Waals surface area contributed by atoms with Crippen LogP contribution < -0.4 is 15.5 Å². The molecular weight excluding hydrogens is 242 g/mol. The van der Waals surface area contributed by atoms with Crippen molar-refractivity contribution in [2.45, 2.75) is 19.4 Å². The minimum atomic E-state index is -0.891. The summed E-state index contributed by atoms with van der Waals surface area (Å²) in [4.78, 5) is 13.3. The average molecular weight is 263 g/mol. The molecule has 0 amide bonds. The zero-order chi connectivity index (χ0) is 14.0. The van der Waals surface area contributed by atoms with Crippen LogP contribution in [0.3, 0.4) is 0 Å². The van der Waals surface area contributed by atoms with Crippen molar-refractivity contribution in [3.8, 4) is 0 Å². The normalized spacial score (nSPS) is 14.8. The van der Waals surface area contributed by atoms with Crippen LogP contribution in [0.25, 0.3) is 0 Å². The second kappa shape index (κ2) is 5.09. The van der Waals surface area contributed by atoms with Gasteiger partial charge in [0.1, 0.15) is 0 Å². The van der Waals surface area contributed by atoms with Crippen molar-refractivity contribution in [3.63, 3.8) is 0 Å². The van der Waals surface area contributed by atoms with Crippen molar-refractivity contribution in [1.82, 2.24) is 5.32 Å². The molecule has 1 aliphatic rings. The number of benzene rings is 1. The maximum absolute atomic E-state index is 11.0. The van der Waals surface area contributed by atoms with E-state index >= 15 is 0 Å². The Morgan fingerprint density at radius 1 is 1.53 bits per heavy atom. The molecule has 104 valence electrons. The molecule has 0 radical (unpaired) electrons. The van der Waals surface area contributed by atoms with Gasteiger partial charge in [-0.25, -0.2) is 4.79 Å². The Labute approximate surface area is 113 Å². The van der Waals surface area contributed by atoms with Gasteiger partial charge in [0.05, 0.1) is 16.9 Å². The SMILES string of the molecule is CNC(C)(C)CN1CCNc2cc(C(=O)O)ccc21. The summed E-state index contributed by atoms with van der Waals surface area (Å²) < 4.78 is 0. The lowest BCUT2D eigenvalue weighted by atomic mass is 10.0. The molecule has 0 saturated carbocycles. The highest BCUT2D eigenvalue weighted by atomic mass is 16.4. The molecule has 19 heavy (non-hydrogen) atoms. The van der Waals surface area contributed by atoms with E-state index in [1.54, 1.807) is 12.1 Å². The van der Waals surface area contributed by atoms with Crippen LogP contribution in [0, 0.1) is 0 Å². The standard InChI is InChI=1S/C14H21N3O2/c1-14(2,15-3)9-17-7-6-16-11-8-10(13(18)19)4-5-12(11)17/h4-5,8,15-16H,6-7,9H2,1-3H3,(H,18,19). The largest absolute Gasteiger partial charge is 0.478 e. The Balaban J connectivity index is 2.27. The lowest BCUT2D eigenvalue weighted by Crippen LogP contribution is -2.49. The maximum Gasteiger partial charge on any atom is 0.335 e. The molecule has 1 aliphatic heterocycles. The molecule has 0 unspecified atom stereocenters. The monoisotopic (exact) mass is 263 g/mol. The van der Waals surface area contributed by atoms with Crippen LogP contribution in [0.2, 0.25) is 0 Å². The number of carbonyl (C=O) groups is 1. The van der Waals surface area contributed by atoms with Crippen LogP contribution >= 0.6 is 0 Å². The van der Waals surface area contributed by atoms with E-state index < -0.39 is 5.97 Å². The summed E-state index contributed by atoms with van der Waals surface area (Å²) in [6, 6.07) is 5.25. The van der Waals surface area contributed by atoms with Gasteiger partial charge in [-0.2, -0.15) is 0 Å². The number of nitrogens with one attached hydrogen (secondary N) is 2. The molecule has 5 heteroatoms. The number of fused-ring (bicyclic) bond motifs is 1. The Bertz CT molecular complexity index is 486. The van der Waals surface area contributed by atoms with Crippen LogP contribution in [-0.4, -0.2) is 43.3 Å². The van der Waals surface area contributed by atoms with Gasteiger partial charge in [-0.3, -0.25) is 0 Å². The van der Waals surface area contributed by atoms with Crippen molar-refractivity contribution in [1.29, 1.82) is 0 Å². The number of hydrogen-bond acceptors (Lipinski definition) is 4. The summed E-state index contributed by atoms with van der Waals surface area (Å²) in [7, 11) is 1.95. The molecule has 0 atom stereocenters. The van der Waals surface area contributed by atoms with Gasteiger partial charge in [0.2, 0.25) is 0 Å². The fourth-order valence-corrected chi connectivity index (χ4v) is 2.25.